The number of aromatic amines is 1. The van der Waals surface area contributed by atoms with E-state index in [2.05, 4.69) is 14.8 Å². The highest BCUT2D eigenvalue weighted by Gasteiger charge is 2.24. The number of halogens is 1. The molecule has 4 rings (SSSR count). The number of fused-ring (bicyclic) bond motifs is 1. The van der Waals surface area contributed by atoms with E-state index in [0.29, 0.717) is 47.0 Å². The van der Waals surface area contributed by atoms with Crippen LogP contribution in [0.4, 0.5) is 0 Å². The van der Waals surface area contributed by atoms with Gasteiger partial charge in [0.2, 0.25) is 10.0 Å². The third kappa shape index (κ3) is 5.57. The number of aliphatic hydroxyl groups excluding tert-OH is 1. The quantitative estimate of drug-likeness (QED) is 0.262. The number of sulfonamides is 1. The molecule has 1 amide bonds. The third-order valence-electron chi connectivity index (χ3n) is 6.52. The predicted octanol–water partition coefficient (Wildman–Crippen LogP) is 4.34. The summed E-state index contributed by atoms with van der Waals surface area (Å²) < 4.78 is 33.4. The zero-order chi connectivity index (χ0) is 27.8. The van der Waals surface area contributed by atoms with Crippen molar-refractivity contribution in [1.82, 2.24) is 19.5 Å². The van der Waals surface area contributed by atoms with Crippen LogP contribution >= 0.6 is 11.6 Å². The molecule has 0 aliphatic carbocycles. The molecular weight excluding hydrogens is 528 g/mol. The van der Waals surface area contributed by atoms with E-state index < -0.39 is 15.9 Å². The Balaban J connectivity index is 1.71. The lowest BCUT2D eigenvalue weighted by atomic mass is 9.98. The summed E-state index contributed by atoms with van der Waals surface area (Å²) in [6.07, 6.45) is 1.97. The first kappa shape index (κ1) is 27.7. The molecule has 0 bridgehead atoms. The summed E-state index contributed by atoms with van der Waals surface area (Å²) in [7, 11) is -1.98. The number of nitrogens with zero attached hydrogens (tertiary/aromatic N) is 2. The van der Waals surface area contributed by atoms with Gasteiger partial charge in [-0.1, -0.05) is 29.8 Å². The summed E-state index contributed by atoms with van der Waals surface area (Å²) in [6, 6.07) is 9.41. The highest BCUT2D eigenvalue weighted by atomic mass is 35.5. The number of benzene rings is 2. The van der Waals surface area contributed by atoms with E-state index in [0.717, 1.165) is 39.6 Å². The molecule has 2 heterocycles. The van der Waals surface area contributed by atoms with Crippen molar-refractivity contribution in [2.45, 2.75) is 40.2 Å². The minimum atomic E-state index is -3.78. The number of rotatable bonds is 9. The van der Waals surface area contributed by atoms with Gasteiger partial charge in [-0.25, -0.2) is 13.1 Å². The van der Waals surface area contributed by atoms with Crippen LogP contribution in [-0.2, 0) is 30.1 Å². The molecule has 9 nitrogen and oxygen atoms in total. The number of aromatic nitrogens is 3. The van der Waals surface area contributed by atoms with Crippen LogP contribution in [-0.4, -0.2) is 47.1 Å². The Kier molecular flexibility index (Phi) is 7.87. The summed E-state index contributed by atoms with van der Waals surface area (Å²) in [5.41, 5.74) is 6.26. The number of nitrogens with one attached hydrogen (secondary N) is 2. The zero-order valence-electron chi connectivity index (χ0n) is 22.0. The highest BCUT2D eigenvalue weighted by Crippen LogP contribution is 2.36. The molecule has 0 aliphatic heterocycles. The summed E-state index contributed by atoms with van der Waals surface area (Å²) in [5.74, 6) is -0.0240. The van der Waals surface area contributed by atoms with Gasteiger partial charge in [0, 0.05) is 34.3 Å². The Morgan fingerprint density at radius 2 is 1.89 bits per heavy atom. The average molecular weight is 559 g/mol. The van der Waals surface area contributed by atoms with E-state index in [4.69, 9.17) is 16.3 Å². The second-order valence-corrected chi connectivity index (χ2v) is 11.5. The third-order valence-corrected chi connectivity index (χ3v) is 7.67. The van der Waals surface area contributed by atoms with Crippen molar-refractivity contribution in [2.24, 2.45) is 7.05 Å². The van der Waals surface area contributed by atoms with Gasteiger partial charge in [-0.05, 0) is 62.4 Å². The number of carbonyl (C=O) groups excluding carboxylic acids is 1. The van der Waals surface area contributed by atoms with Crippen LogP contribution in [0.15, 0.2) is 30.3 Å². The van der Waals surface area contributed by atoms with E-state index in [9.17, 15) is 18.3 Å². The number of aryl methyl sites for hydroxylation is 4. The fourth-order valence-corrected chi connectivity index (χ4v) is 5.27. The Hall–Kier alpha value is -3.34. The molecule has 0 spiro atoms. The molecule has 0 radical (unpaired) electrons. The summed E-state index contributed by atoms with van der Waals surface area (Å²) in [4.78, 5) is 16.2. The van der Waals surface area contributed by atoms with Crippen LogP contribution in [0.2, 0.25) is 5.02 Å². The van der Waals surface area contributed by atoms with Crippen LogP contribution in [0.1, 0.15) is 45.0 Å². The van der Waals surface area contributed by atoms with Gasteiger partial charge in [-0.3, -0.25) is 9.48 Å². The van der Waals surface area contributed by atoms with E-state index in [1.54, 1.807) is 11.7 Å². The standard InChI is InChI=1S/C27H31ClN4O5S/c1-15-12-18(13-16(2)24(15)28)37-11-7-10-20-19-8-6-9-21(23-17(3)32(4)30-22(23)14-33)25(19)29-26(20)27(34)31-38(5,35)36/h6,8-9,12-13,29,33H,7,10-11,14H2,1-5H3,(H,31,34). The molecule has 4 aromatic rings. The number of ether oxygens (including phenoxy) is 1. The smallest absolute Gasteiger partial charge is 0.281 e. The van der Waals surface area contributed by atoms with Crippen molar-refractivity contribution >= 4 is 38.4 Å². The minimum absolute atomic E-state index is 0.170. The molecule has 0 fully saturated rings. The zero-order valence-corrected chi connectivity index (χ0v) is 23.5. The fourth-order valence-electron chi connectivity index (χ4n) is 4.72. The fraction of sp³-hybridized carbons (Fsp3) is 0.333. The van der Waals surface area contributed by atoms with Gasteiger partial charge in [-0.15, -0.1) is 0 Å². The Morgan fingerprint density at radius 3 is 2.53 bits per heavy atom. The maximum Gasteiger partial charge on any atom is 0.281 e. The van der Waals surface area contributed by atoms with Crippen LogP contribution in [0.5, 0.6) is 5.75 Å². The molecule has 0 atom stereocenters. The van der Waals surface area contributed by atoms with E-state index in [-0.39, 0.29) is 12.3 Å². The molecule has 2 aromatic heterocycles. The number of hydrogen-bond acceptors (Lipinski definition) is 6. The first-order chi connectivity index (χ1) is 17.9. The van der Waals surface area contributed by atoms with Gasteiger partial charge in [0.15, 0.2) is 0 Å². The van der Waals surface area contributed by atoms with Crippen LogP contribution in [0.25, 0.3) is 22.0 Å². The first-order valence-electron chi connectivity index (χ1n) is 12.1. The number of amides is 1. The molecule has 38 heavy (non-hydrogen) atoms. The van der Waals surface area contributed by atoms with Gasteiger partial charge >= 0.3 is 0 Å². The predicted molar refractivity (Wildman–Crippen MR) is 148 cm³/mol. The molecule has 2 aromatic carbocycles. The normalized spacial score (nSPS) is 11.8. The van der Waals surface area contributed by atoms with E-state index >= 15 is 0 Å². The molecule has 0 aliphatic rings. The topological polar surface area (TPSA) is 126 Å². The summed E-state index contributed by atoms with van der Waals surface area (Å²) >= 11 is 6.26. The van der Waals surface area contributed by atoms with Crippen LogP contribution < -0.4 is 9.46 Å². The van der Waals surface area contributed by atoms with Crippen molar-refractivity contribution in [1.29, 1.82) is 0 Å². The van der Waals surface area contributed by atoms with Gasteiger partial charge < -0.3 is 14.8 Å². The van der Waals surface area contributed by atoms with Crippen molar-refractivity contribution in [3.63, 3.8) is 0 Å². The second kappa shape index (κ2) is 10.8. The highest BCUT2D eigenvalue weighted by molar-refractivity contribution is 7.89. The van der Waals surface area contributed by atoms with Crippen molar-refractivity contribution in [3.8, 4) is 16.9 Å². The van der Waals surface area contributed by atoms with Gasteiger partial charge in [-0.2, -0.15) is 5.10 Å². The van der Waals surface area contributed by atoms with Crippen LogP contribution in [0.3, 0.4) is 0 Å². The van der Waals surface area contributed by atoms with Gasteiger partial charge in [0.25, 0.3) is 5.91 Å². The van der Waals surface area contributed by atoms with Crippen molar-refractivity contribution in [3.05, 3.63) is 69.1 Å². The molecule has 3 N–H and O–H groups in total. The van der Waals surface area contributed by atoms with Gasteiger partial charge in [0.1, 0.15) is 11.4 Å². The van der Waals surface area contributed by atoms with E-state index in [1.807, 2.05) is 51.1 Å². The Labute approximate surface area is 226 Å². The van der Waals surface area contributed by atoms with E-state index in [1.165, 1.54) is 0 Å². The monoisotopic (exact) mass is 558 g/mol. The minimum Gasteiger partial charge on any atom is -0.494 e. The summed E-state index contributed by atoms with van der Waals surface area (Å²) in [6.45, 7) is 5.88. The van der Waals surface area contributed by atoms with Crippen molar-refractivity contribution in [2.75, 3.05) is 12.9 Å². The lowest BCUT2D eigenvalue weighted by Gasteiger charge is -2.10. The largest absolute Gasteiger partial charge is 0.494 e. The average Bonchev–Trinajstić information content (AvgIpc) is 3.36. The number of aliphatic hydroxyl groups is 1. The molecule has 0 saturated carbocycles. The maximum atomic E-state index is 13.0. The molecule has 202 valence electrons. The number of hydrogen-bond donors (Lipinski definition) is 3. The van der Waals surface area contributed by atoms with Crippen LogP contribution in [0, 0.1) is 20.8 Å². The Morgan fingerprint density at radius 1 is 1.21 bits per heavy atom. The number of H-pyrrole nitrogens is 1. The molecule has 0 unspecified atom stereocenters. The number of carbonyl (C=O) groups is 1. The summed E-state index contributed by atoms with van der Waals surface area (Å²) in [5, 5.41) is 15.8. The maximum absolute atomic E-state index is 13.0. The lowest BCUT2D eigenvalue weighted by Crippen LogP contribution is -2.30. The lowest BCUT2D eigenvalue weighted by molar-refractivity contribution is 0.0976. The molecular formula is C27H31ClN4O5S. The molecule has 11 heteroatoms. The SMILES string of the molecule is Cc1cc(OCCCc2c(C(=O)NS(C)(=O)=O)[nH]c3c(-c4c(CO)nn(C)c4C)cccc23)cc(C)c1Cl. The first-order valence-corrected chi connectivity index (χ1v) is 14.4. The number of para-hydroxylation sites is 1. The molecule has 0 saturated heterocycles. The van der Waals surface area contributed by atoms with Gasteiger partial charge in [0.05, 0.1) is 30.7 Å². The second-order valence-electron chi connectivity index (χ2n) is 9.42. The Bertz CT molecular complexity index is 1620. The van der Waals surface area contributed by atoms with Crippen molar-refractivity contribution < 1.29 is 23.1 Å².